The summed E-state index contributed by atoms with van der Waals surface area (Å²) in [5, 5.41) is 9.57. The first kappa shape index (κ1) is 17.7. The third-order valence-corrected chi connectivity index (χ3v) is 4.70. The number of aliphatic hydroxyl groups is 1. The fourth-order valence-corrected chi connectivity index (χ4v) is 3.50. The molecule has 2 atom stereocenters. The van der Waals surface area contributed by atoms with Crippen molar-refractivity contribution in [3.63, 3.8) is 0 Å². The highest BCUT2D eigenvalue weighted by atomic mass is 16.4. The summed E-state index contributed by atoms with van der Waals surface area (Å²) in [5.74, 6) is 1.62. The van der Waals surface area contributed by atoms with E-state index in [0.29, 0.717) is 25.2 Å². The summed E-state index contributed by atoms with van der Waals surface area (Å²) in [5.41, 5.74) is 1.01. The van der Waals surface area contributed by atoms with Crippen LogP contribution >= 0.6 is 0 Å². The number of hydrogen-bond donors (Lipinski definition) is 1. The smallest absolute Gasteiger partial charge is 0.222 e. The molecule has 5 heteroatoms. The largest absolute Gasteiger partial charge is 0.441 e. The predicted molar refractivity (Wildman–Crippen MR) is 95.9 cm³/mol. The topological polar surface area (TPSA) is 66.6 Å². The average molecular weight is 342 g/mol. The van der Waals surface area contributed by atoms with Gasteiger partial charge in [-0.15, -0.1) is 0 Å². The van der Waals surface area contributed by atoms with Crippen LogP contribution in [0.25, 0.3) is 11.3 Å². The van der Waals surface area contributed by atoms with Gasteiger partial charge in [0.05, 0.1) is 12.3 Å². The molecule has 1 aliphatic heterocycles. The molecule has 2 unspecified atom stereocenters. The van der Waals surface area contributed by atoms with Crippen molar-refractivity contribution in [2.24, 2.45) is 0 Å². The molecule has 0 bridgehead atoms. The fraction of sp³-hybridized carbons (Fsp3) is 0.500. The highest BCUT2D eigenvalue weighted by molar-refractivity contribution is 5.76. The molecular formula is C20H26N2O3. The van der Waals surface area contributed by atoms with E-state index in [9.17, 15) is 9.90 Å². The standard InChI is InChI=1S/C20H26N2O3/c1-15(23)13-17-9-6-12-22(17)20(24)11-5-10-19-21-14-18(25-19)16-7-3-2-4-8-16/h2-4,7-8,14-15,17,23H,5-6,9-13H2,1H3. The van der Waals surface area contributed by atoms with Gasteiger partial charge < -0.3 is 14.4 Å². The number of aryl methyl sites for hydroxylation is 1. The van der Waals surface area contributed by atoms with E-state index in [4.69, 9.17) is 4.42 Å². The highest BCUT2D eigenvalue weighted by Gasteiger charge is 2.28. The number of carbonyl (C=O) groups is 1. The molecule has 0 spiro atoms. The molecule has 2 heterocycles. The maximum absolute atomic E-state index is 12.4. The van der Waals surface area contributed by atoms with E-state index in [-0.39, 0.29) is 18.1 Å². The Morgan fingerprint density at radius 3 is 2.96 bits per heavy atom. The summed E-state index contributed by atoms with van der Waals surface area (Å²) in [6, 6.07) is 10.1. The fourth-order valence-electron chi connectivity index (χ4n) is 3.50. The van der Waals surface area contributed by atoms with Gasteiger partial charge in [0, 0.05) is 31.0 Å². The monoisotopic (exact) mass is 342 g/mol. The second-order valence-electron chi connectivity index (χ2n) is 6.81. The van der Waals surface area contributed by atoms with Gasteiger partial charge in [-0.25, -0.2) is 4.98 Å². The molecule has 5 nitrogen and oxygen atoms in total. The third kappa shape index (κ3) is 4.69. The zero-order chi connectivity index (χ0) is 17.6. The average Bonchev–Trinajstić information content (AvgIpc) is 3.24. The molecule has 1 aromatic heterocycles. The van der Waals surface area contributed by atoms with Crippen LogP contribution in [-0.2, 0) is 11.2 Å². The normalized spacial score (nSPS) is 18.5. The lowest BCUT2D eigenvalue weighted by Crippen LogP contribution is -2.37. The Labute approximate surface area is 148 Å². The van der Waals surface area contributed by atoms with Crippen molar-refractivity contribution in [3.8, 4) is 11.3 Å². The number of nitrogens with zero attached hydrogens (tertiary/aromatic N) is 2. The van der Waals surface area contributed by atoms with Crippen LogP contribution in [-0.4, -0.2) is 39.6 Å². The number of rotatable bonds is 7. The van der Waals surface area contributed by atoms with Gasteiger partial charge >= 0.3 is 0 Å². The first-order valence-corrected chi connectivity index (χ1v) is 9.11. The third-order valence-electron chi connectivity index (χ3n) is 4.70. The Balaban J connectivity index is 1.48. The molecule has 25 heavy (non-hydrogen) atoms. The van der Waals surface area contributed by atoms with E-state index in [1.807, 2.05) is 35.2 Å². The molecule has 0 saturated carbocycles. The molecule has 1 N–H and O–H groups in total. The number of amides is 1. The zero-order valence-corrected chi connectivity index (χ0v) is 14.7. The second-order valence-corrected chi connectivity index (χ2v) is 6.81. The van der Waals surface area contributed by atoms with Crippen LogP contribution < -0.4 is 0 Å². The predicted octanol–water partition coefficient (Wildman–Crippen LogP) is 3.43. The molecule has 1 aromatic carbocycles. The second kappa shape index (κ2) is 8.30. The van der Waals surface area contributed by atoms with Crippen LogP contribution in [0.1, 0.15) is 44.9 Å². The number of aliphatic hydroxyl groups excluding tert-OH is 1. The van der Waals surface area contributed by atoms with Crippen molar-refractivity contribution in [2.75, 3.05) is 6.54 Å². The van der Waals surface area contributed by atoms with Crippen LogP contribution in [0.2, 0.25) is 0 Å². The Kier molecular flexibility index (Phi) is 5.87. The van der Waals surface area contributed by atoms with Crippen molar-refractivity contribution >= 4 is 5.91 Å². The molecule has 134 valence electrons. The molecule has 1 saturated heterocycles. The van der Waals surface area contributed by atoms with Crippen LogP contribution in [0.3, 0.4) is 0 Å². The summed E-state index contributed by atoms with van der Waals surface area (Å²) in [7, 11) is 0. The Bertz CT molecular complexity index is 681. The van der Waals surface area contributed by atoms with E-state index in [1.165, 1.54) is 0 Å². The number of oxazole rings is 1. The summed E-state index contributed by atoms with van der Waals surface area (Å²) < 4.78 is 5.78. The molecule has 3 rings (SSSR count). The highest BCUT2D eigenvalue weighted by Crippen LogP contribution is 2.23. The first-order chi connectivity index (χ1) is 12.1. The van der Waals surface area contributed by atoms with Gasteiger partial charge in [0.1, 0.15) is 0 Å². The number of benzene rings is 1. The minimum atomic E-state index is -0.359. The number of hydrogen-bond acceptors (Lipinski definition) is 4. The van der Waals surface area contributed by atoms with Crippen molar-refractivity contribution in [2.45, 2.75) is 57.6 Å². The maximum Gasteiger partial charge on any atom is 0.222 e. The molecule has 2 aromatic rings. The molecule has 1 fully saturated rings. The zero-order valence-electron chi connectivity index (χ0n) is 14.7. The van der Waals surface area contributed by atoms with Gasteiger partial charge in [-0.3, -0.25) is 4.79 Å². The van der Waals surface area contributed by atoms with Crippen LogP contribution in [0.5, 0.6) is 0 Å². The van der Waals surface area contributed by atoms with Gasteiger partial charge in [-0.2, -0.15) is 0 Å². The number of aromatic nitrogens is 1. The van der Waals surface area contributed by atoms with Gasteiger partial charge in [-0.1, -0.05) is 30.3 Å². The van der Waals surface area contributed by atoms with E-state index in [2.05, 4.69) is 4.98 Å². The van der Waals surface area contributed by atoms with E-state index in [1.54, 1.807) is 13.1 Å². The van der Waals surface area contributed by atoms with E-state index < -0.39 is 0 Å². The lowest BCUT2D eigenvalue weighted by Gasteiger charge is -2.25. The van der Waals surface area contributed by atoms with Crippen LogP contribution in [0, 0.1) is 0 Å². The van der Waals surface area contributed by atoms with Gasteiger partial charge in [0.2, 0.25) is 5.91 Å². The maximum atomic E-state index is 12.4. The first-order valence-electron chi connectivity index (χ1n) is 9.11. The molecule has 0 radical (unpaired) electrons. The minimum Gasteiger partial charge on any atom is -0.441 e. The van der Waals surface area contributed by atoms with E-state index in [0.717, 1.165) is 37.1 Å². The van der Waals surface area contributed by atoms with Crippen molar-refractivity contribution in [1.82, 2.24) is 9.88 Å². The Morgan fingerprint density at radius 2 is 2.20 bits per heavy atom. The van der Waals surface area contributed by atoms with Crippen molar-refractivity contribution in [1.29, 1.82) is 0 Å². The quantitative estimate of drug-likeness (QED) is 0.837. The SMILES string of the molecule is CC(O)CC1CCCN1C(=O)CCCc1ncc(-c2ccccc2)o1. The number of carbonyl (C=O) groups excluding carboxylic acids is 1. The van der Waals surface area contributed by atoms with Gasteiger partial charge in [-0.05, 0) is 32.6 Å². The van der Waals surface area contributed by atoms with Gasteiger partial charge in [0.25, 0.3) is 0 Å². The minimum absolute atomic E-state index is 0.179. The van der Waals surface area contributed by atoms with Crippen LogP contribution in [0.4, 0.5) is 0 Å². The molecule has 1 aliphatic rings. The Morgan fingerprint density at radius 1 is 1.40 bits per heavy atom. The number of likely N-dealkylation sites (tertiary alicyclic amines) is 1. The molecule has 0 aliphatic carbocycles. The lowest BCUT2D eigenvalue weighted by atomic mass is 10.1. The van der Waals surface area contributed by atoms with Crippen molar-refractivity contribution < 1.29 is 14.3 Å². The van der Waals surface area contributed by atoms with E-state index >= 15 is 0 Å². The molecular weight excluding hydrogens is 316 g/mol. The summed E-state index contributed by atoms with van der Waals surface area (Å²) in [6.45, 7) is 2.60. The van der Waals surface area contributed by atoms with Gasteiger partial charge in [0.15, 0.2) is 11.7 Å². The van der Waals surface area contributed by atoms with Crippen LogP contribution in [0.15, 0.2) is 40.9 Å². The van der Waals surface area contributed by atoms with Crippen molar-refractivity contribution in [3.05, 3.63) is 42.4 Å². The summed E-state index contributed by atoms with van der Waals surface area (Å²) >= 11 is 0. The lowest BCUT2D eigenvalue weighted by molar-refractivity contribution is -0.132. The molecule has 1 amide bonds. The summed E-state index contributed by atoms with van der Waals surface area (Å²) in [6.07, 6.45) is 5.97. The Hall–Kier alpha value is -2.14. The summed E-state index contributed by atoms with van der Waals surface area (Å²) in [4.78, 5) is 18.7.